The van der Waals surface area contributed by atoms with Crippen molar-refractivity contribution in [1.82, 2.24) is 0 Å². The Hall–Kier alpha value is -0.870. The normalized spacial score (nSPS) is 33.3. The zero-order chi connectivity index (χ0) is 25.8. The molecule has 0 nitrogen and oxygen atoms in total. The highest BCUT2D eigenvalue weighted by Gasteiger charge is 2.41. The Morgan fingerprint density at radius 3 is 2.41 bits per heavy atom. The van der Waals surface area contributed by atoms with Gasteiger partial charge in [-0.05, 0) is 101 Å². The van der Waals surface area contributed by atoms with Crippen molar-refractivity contribution in [2.45, 2.75) is 100 Å². The Morgan fingerprint density at radius 1 is 0.973 bits per heavy atom. The van der Waals surface area contributed by atoms with Gasteiger partial charge in [-0.1, -0.05) is 88.4 Å². The molecule has 196 valence electrons. The van der Waals surface area contributed by atoms with E-state index in [2.05, 4.69) is 109 Å². The van der Waals surface area contributed by atoms with Crippen molar-refractivity contribution in [2.24, 2.45) is 10.8 Å². The SMILES string of the molecule is CC1PCc2cc(C(C)(C)c3ccc(C[C@@]45C=CC(CC4)SC4C=C[C@@](C)(CC4)C5)c(CP)c3)ccc21. The first-order valence-electron chi connectivity index (χ1n) is 14.4. The average molecular weight is 547 g/mol. The van der Waals surface area contributed by atoms with E-state index in [1.54, 1.807) is 16.7 Å². The first-order chi connectivity index (χ1) is 17.7. The van der Waals surface area contributed by atoms with Gasteiger partial charge in [-0.2, -0.15) is 0 Å². The van der Waals surface area contributed by atoms with Gasteiger partial charge in [0.15, 0.2) is 0 Å². The molecule has 0 spiro atoms. The minimum atomic E-state index is 0.0118. The van der Waals surface area contributed by atoms with Gasteiger partial charge in [-0.25, -0.2) is 0 Å². The highest BCUT2D eigenvalue weighted by Crippen LogP contribution is 2.53. The third-order valence-electron chi connectivity index (χ3n) is 10.0. The molecule has 3 heteroatoms. The van der Waals surface area contributed by atoms with Crippen LogP contribution in [-0.4, -0.2) is 10.5 Å². The van der Waals surface area contributed by atoms with Crippen LogP contribution in [0, 0.1) is 10.8 Å². The first kappa shape index (κ1) is 26.4. The summed E-state index contributed by atoms with van der Waals surface area (Å²) in [6, 6.07) is 14.8. The summed E-state index contributed by atoms with van der Waals surface area (Å²) in [5.41, 5.74) is 10.5. The lowest BCUT2D eigenvalue weighted by Gasteiger charge is -2.46. The molecule has 1 saturated heterocycles. The molecule has 5 unspecified atom stereocenters. The summed E-state index contributed by atoms with van der Waals surface area (Å²) in [6.07, 6.45) is 20.5. The topological polar surface area (TPSA) is 0 Å². The Morgan fingerprint density at radius 2 is 1.70 bits per heavy atom. The van der Waals surface area contributed by atoms with E-state index in [1.807, 2.05) is 0 Å². The molecule has 1 fully saturated rings. The Balaban J connectivity index is 1.31. The molecule has 0 saturated carbocycles. The third kappa shape index (κ3) is 5.08. The zero-order valence-corrected chi connectivity index (χ0v) is 26.1. The van der Waals surface area contributed by atoms with Crippen LogP contribution in [0.3, 0.4) is 0 Å². The molecule has 9 rings (SSSR count). The lowest BCUT2D eigenvalue weighted by Crippen LogP contribution is -2.36. The van der Waals surface area contributed by atoms with Crippen LogP contribution in [-0.2, 0) is 24.2 Å². The number of hydrogen-bond acceptors (Lipinski definition) is 1. The summed E-state index contributed by atoms with van der Waals surface area (Å²) < 4.78 is 0. The van der Waals surface area contributed by atoms with Crippen LogP contribution in [0.25, 0.3) is 0 Å². The lowest BCUT2D eigenvalue weighted by atomic mass is 9.62. The van der Waals surface area contributed by atoms with Crippen molar-refractivity contribution in [1.29, 1.82) is 0 Å². The maximum Gasteiger partial charge on any atom is 0.0233 e. The molecule has 4 bridgehead atoms. The molecular weight excluding hydrogens is 502 g/mol. The predicted octanol–water partition coefficient (Wildman–Crippen LogP) is 9.75. The van der Waals surface area contributed by atoms with E-state index in [0.29, 0.717) is 10.7 Å². The summed E-state index contributed by atoms with van der Waals surface area (Å²) in [5, 5.41) is 1.42. The van der Waals surface area contributed by atoms with E-state index >= 15 is 0 Å². The van der Waals surface area contributed by atoms with Crippen molar-refractivity contribution < 1.29 is 0 Å². The summed E-state index contributed by atoms with van der Waals surface area (Å²) in [4.78, 5) is 0. The van der Waals surface area contributed by atoms with E-state index in [9.17, 15) is 0 Å². The van der Waals surface area contributed by atoms with Crippen LogP contribution in [0.4, 0.5) is 0 Å². The molecule has 2 aliphatic carbocycles. The molecule has 0 radical (unpaired) electrons. The van der Waals surface area contributed by atoms with Crippen molar-refractivity contribution >= 4 is 29.6 Å². The summed E-state index contributed by atoms with van der Waals surface area (Å²) in [6.45, 7) is 9.75. The van der Waals surface area contributed by atoms with Crippen LogP contribution in [0.5, 0.6) is 0 Å². The van der Waals surface area contributed by atoms with Gasteiger partial charge in [0, 0.05) is 15.9 Å². The van der Waals surface area contributed by atoms with Gasteiger partial charge in [-0.15, -0.1) is 29.6 Å². The maximum absolute atomic E-state index is 3.04. The fraction of sp³-hybridized carbons (Fsp3) is 0.529. The van der Waals surface area contributed by atoms with E-state index in [-0.39, 0.29) is 10.8 Å². The van der Waals surface area contributed by atoms with Crippen LogP contribution in [0.15, 0.2) is 60.7 Å². The molecule has 0 aromatic heterocycles. The largest absolute Gasteiger partial charge is 0.147 e. The minimum absolute atomic E-state index is 0.0118. The van der Waals surface area contributed by atoms with E-state index in [0.717, 1.165) is 25.7 Å². The number of allylic oxidation sites excluding steroid dienone is 2. The van der Waals surface area contributed by atoms with Gasteiger partial charge >= 0.3 is 0 Å². The van der Waals surface area contributed by atoms with Crippen molar-refractivity contribution in [3.63, 3.8) is 0 Å². The monoisotopic (exact) mass is 546 g/mol. The molecule has 2 aromatic rings. The quantitative estimate of drug-likeness (QED) is 0.266. The highest BCUT2D eigenvalue weighted by molar-refractivity contribution is 8.00. The molecule has 37 heavy (non-hydrogen) atoms. The number of thioether (sulfide) groups is 1. The van der Waals surface area contributed by atoms with E-state index < -0.39 is 0 Å². The molecule has 5 aliphatic heterocycles. The Bertz CT molecular complexity index is 1240. The molecule has 0 N–H and O–H groups in total. The van der Waals surface area contributed by atoms with Crippen LogP contribution in [0.1, 0.15) is 98.8 Å². The number of rotatable bonds is 5. The zero-order valence-electron chi connectivity index (χ0n) is 23.1. The molecule has 7 aliphatic rings. The maximum atomic E-state index is 3.04. The fourth-order valence-corrected chi connectivity index (χ4v) is 10.5. The van der Waals surface area contributed by atoms with Crippen LogP contribution in [0.2, 0.25) is 0 Å². The Labute approximate surface area is 233 Å². The second-order valence-corrected chi connectivity index (χ2v) is 16.7. The van der Waals surface area contributed by atoms with Gasteiger partial charge in [0.05, 0.1) is 0 Å². The van der Waals surface area contributed by atoms with Crippen molar-refractivity contribution in [3.05, 3.63) is 94.1 Å². The molecule has 0 amide bonds. The van der Waals surface area contributed by atoms with E-state index in [4.69, 9.17) is 0 Å². The summed E-state index contributed by atoms with van der Waals surface area (Å²) >= 11 is 2.21. The standard InChI is InChI=1S/C34H44P2S/c1-23-31-8-7-28(18-26(31)21-36-23)32(2,3)27-6-5-24(25(17-27)20-35)19-34-15-11-30(12-16-34)37-29-9-13-33(4,22-34)14-10-29/h5-9,11,13,15,17-18,23,29-30,36H,10,12,14,16,19-22,35H2,1-4H3/t23?,29?,30?,33-,34+/m0/s1. The van der Waals surface area contributed by atoms with Crippen molar-refractivity contribution in [2.75, 3.05) is 0 Å². The molecule has 7 atom stereocenters. The number of hydrogen-bond donors (Lipinski definition) is 0. The third-order valence-corrected chi connectivity index (χ3v) is 13.5. The second kappa shape index (κ2) is 9.95. The fourth-order valence-electron chi connectivity index (χ4n) is 7.54. The van der Waals surface area contributed by atoms with Gasteiger partial charge in [-0.3, -0.25) is 0 Å². The Kier molecular flexibility index (Phi) is 7.09. The second-order valence-electron chi connectivity index (χ2n) is 13.2. The van der Waals surface area contributed by atoms with Gasteiger partial charge in [0.25, 0.3) is 0 Å². The van der Waals surface area contributed by atoms with Crippen LogP contribution >= 0.6 is 29.6 Å². The van der Waals surface area contributed by atoms with Gasteiger partial charge < -0.3 is 0 Å². The summed E-state index contributed by atoms with van der Waals surface area (Å²) in [7, 11) is 4.08. The van der Waals surface area contributed by atoms with E-state index in [1.165, 1.54) is 61.4 Å². The average Bonchev–Trinajstić information content (AvgIpc) is 3.27. The lowest BCUT2D eigenvalue weighted by molar-refractivity contribution is 0.189. The van der Waals surface area contributed by atoms with Gasteiger partial charge in [0.1, 0.15) is 0 Å². The first-order valence-corrected chi connectivity index (χ1v) is 17.5. The molecular formula is C34H44P2S. The van der Waals surface area contributed by atoms with Gasteiger partial charge in [0.2, 0.25) is 0 Å². The smallest absolute Gasteiger partial charge is 0.0233 e. The molecule has 5 heterocycles. The number of fused-ring (bicyclic) bond motifs is 1. The highest BCUT2D eigenvalue weighted by atomic mass is 32.2. The number of benzene rings is 2. The predicted molar refractivity (Wildman–Crippen MR) is 170 cm³/mol. The van der Waals surface area contributed by atoms with Crippen molar-refractivity contribution in [3.8, 4) is 0 Å². The summed E-state index contributed by atoms with van der Waals surface area (Å²) in [5.74, 6) is 0. The minimum Gasteiger partial charge on any atom is -0.147 e. The van der Waals surface area contributed by atoms with Crippen LogP contribution < -0.4 is 0 Å². The molecule has 2 aromatic carbocycles.